The average Bonchev–Trinajstić information content (AvgIpc) is 2.87. The fourth-order valence-electron chi connectivity index (χ4n) is 2.03. The molecule has 1 aromatic heterocycles. The van der Waals surface area contributed by atoms with Crippen LogP contribution in [0.5, 0.6) is 5.75 Å². The molecule has 0 spiro atoms. The summed E-state index contributed by atoms with van der Waals surface area (Å²) in [5.41, 5.74) is 2.83. The van der Waals surface area contributed by atoms with Gasteiger partial charge in [-0.25, -0.2) is 4.98 Å². The number of phenolic OH excluding ortho intramolecular Hbond substituents is 1. The minimum absolute atomic E-state index is 0.000684. The van der Waals surface area contributed by atoms with Gasteiger partial charge in [0.05, 0.1) is 12.2 Å². The highest BCUT2D eigenvalue weighted by Gasteiger charge is 2.13. The molecule has 1 heterocycles. The summed E-state index contributed by atoms with van der Waals surface area (Å²) in [6.45, 7) is 6.61. The van der Waals surface area contributed by atoms with E-state index in [-0.39, 0.29) is 11.7 Å². The maximum Gasteiger partial charge on any atom is 0.225 e. The number of amides is 1. The van der Waals surface area contributed by atoms with Crippen LogP contribution in [0.3, 0.4) is 0 Å². The first-order chi connectivity index (χ1) is 10.0. The van der Waals surface area contributed by atoms with Gasteiger partial charge < -0.3 is 10.4 Å². The van der Waals surface area contributed by atoms with Gasteiger partial charge in [0.15, 0.2) is 5.13 Å². The topological polar surface area (TPSA) is 65.5 Å². The molecule has 5 nitrogen and oxygen atoms in total. The van der Waals surface area contributed by atoms with E-state index in [1.54, 1.807) is 24.0 Å². The highest BCUT2D eigenvalue weighted by atomic mass is 32.1. The number of carbonyl (C=O) groups is 1. The van der Waals surface area contributed by atoms with E-state index >= 15 is 0 Å². The maximum atomic E-state index is 11.5. The van der Waals surface area contributed by atoms with Crippen molar-refractivity contribution in [3.63, 3.8) is 0 Å². The number of thiazole rings is 1. The van der Waals surface area contributed by atoms with Crippen molar-refractivity contribution in [3.05, 3.63) is 34.8 Å². The van der Waals surface area contributed by atoms with Crippen molar-refractivity contribution in [2.45, 2.75) is 27.3 Å². The maximum absolute atomic E-state index is 11.5. The smallest absolute Gasteiger partial charge is 0.225 e. The van der Waals surface area contributed by atoms with Gasteiger partial charge in [0.25, 0.3) is 0 Å². The van der Waals surface area contributed by atoms with Gasteiger partial charge in [-0.1, -0.05) is 0 Å². The van der Waals surface area contributed by atoms with Gasteiger partial charge in [-0.15, -0.1) is 11.3 Å². The molecule has 0 saturated heterocycles. The van der Waals surface area contributed by atoms with Gasteiger partial charge >= 0.3 is 0 Å². The van der Waals surface area contributed by atoms with Crippen LogP contribution in [0, 0.1) is 6.92 Å². The van der Waals surface area contributed by atoms with E-state index in [0.29, 0.717) is 13.1 Å². The monoisotopic (exact) mass is 305 g/mol. The van der Waals surface area contributed by atoms with Crippen LogP contribution in [0.15, 0.2) is 23.6 Å². The lowest BCUT2D eigenvalue weighted by atomic mass is 10.2. The second kappa shape index (κ2) is 6.58. The zero-order chi connectivity index (χ0) is 15.4. The Hall–Kier alpha value is -2.08. The summed E-state index contributed by atoms with van der Waals surface area (Å²) in [5.74, 6) is 0.259. The van der Waals surface area contributed by atoms with Gasteiger partial charge in [0.1, 0.15) is 5.75 Å². The summed E-state index contributed by atoms with van der Waals surface area (Å²) in [7, 11) is 0. The lowest BCUT2D eigenvalue weighted by Gasteiger charge is -2.14. The number of phenols is 1. The Labute approximate surface area is 128 Å². The first-order valence-electron chi connectivity index (χ1n) is 6.77. The molecule has 2 aromatic rings. The Morgan fingerprint density at radius 3 is 2.86 bits per heavy atom. The molecule has 0 aliphatic rings. The number of benzene rings is 1. The molecule has 2 N–H and O–H groups in total. The number of aryl methyl sites for hydroxylation is 1. The first-order valence-corrected chi connectivity index (χ1v) is 7.65. The third kappa shape index (κ3) is 3.72. The zero-order valence-corrected chi connectivity index (χ0v) is 13.2. The molecule has 0 saturated carbocycles. The van der Waals surface area contributed by atoms with Gasteiger partial charge in [0.2, 0.25) is 5.91 Å². The van der Waals surface area contributed by atoms with Crippen LogP contribution in [0.2, 0.25) is 0 Å². The minimum Gasteiger partial charge on any atom is -0.508 e. The predicted octanol–water partition coefficient (Wildman–Crippen LogP) is 3.14. The van der Waals surface area contributed by atoms with E-state index in [0.717, 1.165) is 22.1 Å². The molecule has 0 aliphatic heterocycles. The molecule has 21 heavy (non-hydrogen) atoms. The molecule has 0 aliphatic carbocycles. The third-order valence-corrected chi connectivity index (χ3v) is 4.05. The first kappa shape index (κ1) is 15.3. The fraction of sp³-hybridized carbons (Fsp3) is 0.333. The van der Waals surface area contributed by atoms with E-state index < -0.39 is 0 Å². The van der Waals surface area contributed by atoms with Crippen molar-refractivity contribution < 1.29 is 9.90 Å². The second-order valence-corrected chi connectivity index (χ2v) is 5.57. The number of aromatic hydroxyl groups is 1. The molecule has 0 fully saturated rings. The molecule has 2 rings (SSSR count). The van der Waals surface area contributed by atoms with Crippen molar-refractivity contribution in [2.75, 3.05) is 16.8 Å². The second-order valence-electron chi connectivity index (χ2n) is 4.74. The average molecular weight is 305 g/mol. The number of nitrogens with zero attached hydrogens (tertiary/aromatic N) is 2. The van der Waals surface area contributed by atoms with Crippen molar-refractivity contribution in [1.29, 1.82) is 0 Å². The number of anilines is 2. The molecule has 0 bridgehead atoms. The number of nitrogens with one attached hydrogen (secondary N) is 1. The molecule has 112 valence electrons. The summed E-state index contributed by atoms with van der Waals surface area (Å²) in [5, 5.41) is 15.4. The van der Waals surface area contributed by atoms with Crippen LogP contribution in [-0.4, -0.2) is 22.5 Å². The van der Waals surface area contributed by atoms with Crippen molar-refractivity contribution in [3.8, 4) is 5.75 Å². The molecule has 1 aromatic carbocycles. The zero-order valence-electron chi connectivity index (χ0n) is 12.4. The SMILES string of the molecule is CCN(C(C)=O)c1nc(CNc2ccc(O)cc2C)cs1. The molecule has 0 unspecified atom stereocenters. The quantitative estimate of drug-likeness (QED) is 0.833. The Kier molecular flexibility index (Phi) is 4.80. The summed E-state index contributed by atoms with van der Waals surface area (Å²) in [6.07, 6.45) is 0. The molecule has 0 radical (unpaired) electrons. The summed E-state index contributed by atoms with van der Waals surface area (Å²) >= 11 is 1.47. The van der Waals surface area contributed by atoms with E-state index in [9.17, 15) is 9.90 Å². The molecule has 6 heteroatoms. The fourth-order valence-corrected chi connectivity index (χ4v) is 2.96. The molecular weight excluding hydrogens is 286 g/mol. The van der Waals surface area contributed by atoms with Gasteiger partial charge in [-0.2, -0.15) is 0 Å². The van der Waals surface area contributed by atoms with Gasteiger partial charge in [-0.05, 0) is 37.6 Å². The van der Waals surface area contributed by atoms with Crippen LogP contribution < -0.4 is 10.2 Å². The number of carbonyl (C=O) groups excluding carboxylic acids is 1. The van der Waals surface area contributed by atoms with Crippen LogP contribution in [0.25, 0.3) is 0 Å². The van der Waals surface area contributed by atoms with E-state index in [4.69, 9.17) is 0 Å². The molecular formula is C15H19N3O2S. The number of hydrogen-bond acceptors (Lipinski definition) is 5. The summed E-state index contributed by atoms with van der Waals surface area (Å²) in [6, 6.07) is 5.20. The van der Waals surface area contributed by atoms with E-state index in [1.165, 1.54) is 11.3 Å². The Balaban J connectivity index is 2.04. The number of hydrogen-bond donors (Lipinski definition) is 2. The Morgan fingerprint density at radius 1 is 1.48 bits per heavy atom. The predicted molar refractivity (Wildman–Crippen MR) is 86.0 cm³/mol. The van der Waals surface area contributed by atoms with Crippen LogP contribution in [0.1, 0.15) is 25.1 Å². The summed E-state index contributed by atoms with van der Waals surface area (Å²) in [4.78, 5) is 17.6. The number of rotatable bonds is 5. The van der Waals surface area contributed by atoms with Gasteiger partial charge in [-0.3, -0.25) is 9.69 Å². The van der Waals surface area contributed by atoms with Crippen molar-refractivity contribution in [1.82, 2.24) is 4.98 Å². The van der Waals surface area contributed by atoms with Crippen molar-refractivity contribution >= 4 is 28.1 Å². The summed E-state index contributed by atoms with van der Waals surface area (Å²) < 4.78 is 0. The third-order valence-electron chi connectivity index (χ3n) is 3.14. The van der Waals surface area contributed by atoms with E-state index in [1.807, 2.05) is 25.3 Å². The van der Waals surface area contributed by atoms with Crippen LogP contribution in [-0.2, 0) is 11.3 Å². The normalized spacial score (nSPS) is 10.4. The Bertz CT molecular complexity index is 640. The van der Waals surface area contributed by atoms with Crippen LogP contribution in [0.4, 0.5) is 10.8 Å². The standard InChI is InChI=1S/C15H19N3O2S/c1-4-18(11(3)19)15-17-12(9-21-15)8-16-14-6-5-13(20)7-10(14)2/h5-7,9,16,20H,4,8H2,1-3H3. The lowest BCUT2D eigenvalue weighted by Crippen LogP contribution is -2.27. The molecule has 0 atom stereocenters. The highest BCUT2D eigenvalue weighted by molar-refractivity contribution is 7.14. The Morgan fingerprint density at radius 2 is 2.24 bits per heavy atom. The van der Waals surface area contributed by atoms with Crippen LogP contribution >= 0.6 is 11.3 Å². The van der Waals surface area contributed by atoms with Crippen molar-refractivity contribution in [2.24, 2.45) is 0 Å². The highest BCUT2D eigenvalue weighted by Crippen LogP contribution is 2.23. The largest absolute Gasteiger partial charge is 0.508 e. The molecule has 1 amide bonds. The minimum atomic E-state index is 0.000684. The van der Waals surface area contributed by atoms with Gasteiger partial charge in [0, 0.05) is 24.5 Å². The van der Waals surface area contributed by atoms with E-state index in [2.05, 4.69) is 10.3 Å². The number of aromatic nitrogens is 1. The lowest BCUT2D eigenvalue weighted by molar-refractivity contribution is -0.116.